The number of carbonyl (C=O) groups excluding carboxylic acids is 1. The molecule has 1 unspecified atom stereocenters. The first-order chi connectivity index (χ1) is 11.7. The van der Waals surface area contributed by atoms with E-state index in [1.165, 1.54) is 18.3 Å². The molecule has 0 saturated heterocycles. The summed E-state index contributed by atoms with van der Waals surface area (Å²) >= 11 is 5.62. The van der Waals surface area contributed by atoms with Gasteiger partial charge in [0.15, 0.2) is 0 Å². The Hall–Kier alpha value is -2.28. The molecule has 2 N–H and O–H groups in total. The van der Waals surface area contributed by atoms with Crippen molar-refractivity contribution in [3.05, 3.63) is 52.8 Å². The smallest absolute Gasteiger partial charge is 0.381 e. The minimum Gasteiger partial charge on any atom is -0.381 e. The van der Waals surface area contributed by atoms with Gasteiger partial charge in [-0.15, -0.1) is 0 Å². The van der Waals surface area contributed by atoms with Gasteiger partial charge in [-0.1, -0.05) is 18.5 Å². The fourth-order valence-corrected chi connectivity index (χ4v) is 2.22. The number of carbonyl (C=O) groups is 1. The second kappa shape index (κ2) is 7.74. The Morgan fingerprint density at radius 3 is 2.56 bits per heavy atom. The summed E-state index contributed by atoms with van der Waals surface area (Å²) in [7, 11) is 0. The number of benzene rings is 1. The molecule has 1 atom stereocenters. The van der Waals surface area contributed by atoms with E-state index in [4.69, 9.17) is 11.6 Å². The van der Waals surface area contributed by atoms with Gasteiger partial charge in [0.05, 0.1) is 23.1 Å². The Bertz CT molecular complexity index is 748. The van der Waals surface area contributed by atoms with Crippen LogP contribution in [0.2, 0.25) is 5.02 Å². The molecule has 1 aromatic heterocycles. The first-order valence-corrected chi connectivity index (χ1v) is 7.99. The van der Waals surface area contributed by atoms with Gasteiger partial charge < -0.3 is 10.6 Å². The van der Waals surface area contributed by atoms with Gasteiger partial charge >= 0.3 is 6.18 Å². The molecule has 2 rings (SSSR count). The molecule has 0 bridgehead atoms. The molecular formula is C17H17ClF3N3O. The van der Waals surface area contributed by atoms with Crippen LogP contribution < -0.4 is 10.6 Å². The lowest BCUT2D eigenvalue weighted by molar-refractivity contribution is -0.136. The van der Waals surface area contributed by atoms with E-state index in [0.717, 1.165) is 24.2 Å². The molecule has 8 heteroatoms. The lowest BCUT2D eigenvalue weighted by atomic mass is 10.1. The summed E-state index contributed by atoms with van der Waals surface area (Å²) in [6.07, 6.45) is -2.25. The van der Waals surface area contributed by atoms with E-state index in [1.54, 1.807) is 6.07 Å². The number of aromatic nitrogens is 1. The van der Waals surface area contributed by atoms with Crippen LogP contribution in [0.1, 0.15) is 36.3 Å². The monoisotopic (exact) mass is 371 g/mol. The maximum Gasteiger partial charge on any atom is 0.418 e. The third kappa shape index (κ3) is 5.09. The number of pyridine rings is 1. The van der Waals surface area contributed by atoms with Crippen LogP contribution in [0, 0.1) is 0 Å². The zero-order chi connectivity index (χ0) is 18.6. The van der Waals surface area contributed by atoms with Crippen LogP contribution in [0.25, 0.3) is 0 Å². The SMILES string of the molecule is CCC(C)Nc1ccc(C(=O)Nc2ccc(Cl)cc2C(F)(F)F)nc1. The van der Waals surface area contributed by atoms with E-state index < -0.39 is 17.6 Å². The number of rotatable bonds is 5. The van der Waals surface area contributed by atoms with Crippen LogP contribution in [0.5, 0.6) is 0 Å². The van der Waals surface area contributed by atoms with Crippen molar-refractivity contribution >= 4 is 28.9 Å². The van der Waals surface area contributed by atoms with Crippen molar-refractivity contribution in [2.45, 2.75) is 32.5 Å². The van der Waals surface area contributed by atoms with E-state index in [-0.39, 0.29) is 22.4 Å². The quantitative estimate of drug-likeness (QED) is 0.758. The van der Waals surface area contributed by atoms with Crippen LogP contribution in [0.3, 0.4) is 0 Å². The van der Waals surface area contributed by atoms with Crippen molar-refractivity contribution in [2.75, 3.05) is 10.6 Å². The molecule has 0 spiro atoms. The highest BCUT2D eigenvalue weighted by Crippen LogP contribution is 2.36. The molecule has 1 aromatic carbocycles. The van der Waals surface area contributed by atoms with E-state index in [0.29, 0.717) is 0 Å². The topological polar surface area (TPSA) is 54.0 Å². The highest BCUT2D eigenvalue weighted by Gasteiger charge is 2.34. The number of alkyl halides is 3. The van der Waals surface area contributed by atoms with Gasteiger partial charge in [-0.2, -0.15) is 13.2 Å². The van der Waals surface area contributed by atoms with E-state index in [9.17, 15) is 18.0 Å². The molecule has 1 amide bonds. The molecule has 134 valence electrons. The number of nitrogens with zero attached hydrogens (tertiary/aromatic N) is 1. The Kier molecular flexibility index (Phi) is 5.89. The van der Waals surface area contributed by atoms with Crippen LogP contribution >= 0.6 is 11.6 Å². The number of nitrogens with one attached hydrogen (secondary N) is 2. The predicted octanol–water partition coefficient (Wildman–Crippen LogP) is 5.22. The highest BCUT2D eigenvalue weighted by atomic mass is 35.5. The number of halogens is 4. The Labute approximate surface area is 148 Å². The van der Waals surface area contributed by atoms with Crippen LogP contribution in [-0.4, -0.2) is 16.9 Å². The predicted molar refractivity (Wildman–Crippen MR) is 92.0 cm³/mol. The van der Waals surface area contributed by atoms with Gasteiger partial charge in [-0.3, -0.25) is 4.79 Å². The first-order valence-electron chi connectivity index (χ1n) is 7.61. The Morgan fingerprint density at radius 2 is 2.00 bits per heavy atom. The number of amides is 1. The van der Waals surface area contributed by atoms with Gasteiger partial charge in [-0.25, -0.2) is 4.98 Å². The second-order valence-electron chi connectivity index (χ2n) is 5.53. The van der Waals surface area contributed by atoms with E-state index in [1.807, 2.05) is 13.8 Å². The van der Waals surface area contributed by atoms with E-state index >= 15 is 0 Å². The standard InChI is InChI=1S/C17H17ClF3N3O/c1-3-10(2)23-12-5-7-15(22-9-12)16(25)24-14-6-4-11(18)8-13(14)17(19,20)21/h4-10,23H,3H2,1-2H3,(H,24,25). The van der Waals surface area contributed by atoms with Gasteiger partial charge in [0.2, 0.25) is 0 Å². The summed E-state index contributed by atoms with van der Waals surface area (Å²) in [6.45, 7) is 4.02. The Balaban J connectivity index is 2.17. The largest absolute Gasteiger partial charge is 0.418 e. The van der Waals surface area contributed by atoms with Gasteiger partial charge in [0, 0.05) is 11.1 Å². The minimum atomic E-state index is -4.63. The maximum absolute atomic E-state index is 13.1. The minimum absolute atomic E-state index is 0.0118. The highest BCUT2D eigenvalue weighted by molar-refractivity contribution is 6.30. The number of anilines is 2. The maximum atomic E-state index is 13.1. The van der Waals surface area contributed by atoms with Gasteiger partial charge in [0.1, 0.15) is 5.69 Å². The third-order valence-corrected chi connectivity index (χ3v) is 3.79. The molecule has 4 nitrogen and oxygen atoms in total. The molecule has 0 aliphatic heterocycles. The van der Waals surface area contributed by atoms with Gasteiger partial charge in [0.25, 0.3) is 5.91 Å². The Morgan fingerprint density at radius 1 is 1.28 bits per heavy atom. The van der Waals surface area contributed by atoms with Gasteiger partial charge in [-0.05, 0) is 43.7 Å². The second-order valence-corrected chi connectivity index (χ2v) is 5.96. The van der Waals surface area contributed by atoms with Crippen LogP contribution in [0.15, 0.2) is 36.5 Å². The molecule has 1 heterocycles. The molecule has 0 aliphatic rings. The van der Waals surface area contributed by atoms with Crippen molar-refractivity contribution in [3.63, 3.8) is 0 Å². The zero-order valence-corrected chi connectivity index (χ0v) is 14.4. The molecule has 2 aromatic rings. The lowest BCUT2D eigenvalue weighted by Crippen LogP contribution is -2.18. The van der Waals surface area contributed by atoms with Crippen molar-refractivity contribution in [1.29, 1.82) is 0 Å². The molecule has 0 aliphatic carbocycles. The number of hydrogen-bond acceptors (Lipinski definition) is 3. The molecule has 0 saturated carbocycles. The molecule has 25 heavy (non-hydrogen) atoms. The van der Waals surface area contributed by atoms with Crippen molar-refractivity contribution < 1.29 is 18.0 Å². The average Bonchev–Trinajstić information content (AvgIpc) is 2.56. The molecule has 0 fully saturated rings. The summed E-state index contributed by atoms with van der Waals surface area (Å²) in [5, 5.41) is 5.35. The lowest BCUT2D eigenvalue weighted by Gasteiger charge is -2.15. The summed E-state index contributed by atoms with van der Waals surface area (Å²) in [4.78, 5) is 16.2. The molecular weight excluding hydrogens is 355 g/mol. The summed E-state index contributed by atoms with van der Waals surface area (Å²) in [5.41, 5.74) is -0.639. The van der Waals surface area contributed by atoms with Crippen molar-refractivity contribution in [3.8, 4) is 0 Å². The first kappa shape index (κ1) is 19.1. The summed E-state index contributed by atoms with van der Waals surface area (Å²) in [5.74, 6) is -0.733. The number of hydrogen-bond donors (Lipinski definition) is 2. The van der Waals surface area contributed by atoms with Crippen molar-refractivity contribution in [2.24, 2.45) is 0 Å². The summed E-state index contributed by atoms with van der Waals surface area (Å²) in [6, 6.07) is 6.50. The summed E-state index contributed by atoms with van der Waals surface area (Å²) < 4.78 is 39.2. The normalized spacial score (nSPS) is 12.6. The zero-order valence-electron chi connectivity index (χ0n) is 13.6. The third-order valence-electron chi connectivity index (χ3n) is 3.56. The average molecular weight is 372 g/mol. The van der Waals surface area contributed by atoms with Crippen molar-refractivity contribution in [1.82, 2.24) is 4.98 Å². The van der Waals surface area contributed by atoms with Crippen LogP contribution in [0.4, 0.5) is 24.5 Å². The van der Waals surface area contributed by atoms with Crippen LogP contribution in [-0.2, 0) is 6.18 Å². The molecule has 0 radical (unpaired) electrons. The fourth-order valence-electron chi connectivity index (χ4n) is 2.05. The van der Waals surface area contributed by atoms with E-state index in [2.05, 4.69) is 15.6 Å². The fraction of sp³-hybridized carbons (Fsp3) is 0.294.